The molecule has 2 aromatic carbocycles. The molecule has 0 heterocycles. The Hall–Kier alpha value is -1.59. The number of carbonyl (C=O) groups is 1. The maximum absolute atomic E-state index is 13.6. The first-order chi connectivity index (χ1) is 10.5. The quantitative estimate of drug-likeness (QED) is 0.800. The summed E-state index contributed by atoms with van der Waals surface area (Å²) < 4.78 is 19.7. The van der Waals surface area contributed by atoms with Gasteiger partial charge in [-0.3, -0.25) is 4.79 Å². The fourth-order valence-corrected chi connectivity index (χ4v) is 2.88. The highest BCUT2D eigenvalue weighted by molar-refractivity contribution is 9.10. The van der Waals surface area contributed by atoms with E-state index in [9.17, 15) is 9.18 Å². The Morgan fingerprint density at radius 1 is 1.36 bits per heavy atom. The van der Waals surface area contributed by atoms with Crippen LogP contribution in [0.25, 0.3) is 0 Å². The Morgan fingerprint density at radius 3 is 2.77 bits per heavy atom. The number of hydrogen-bond donors (Lipinski definition) is 1. The van der Waals surface area contributed by atoms with Crippen LogP contribution in [0.5, 0.6) is 5.75 Å². The largest absolute Gasteiger partial charge is 0.491 e. The minimum Gasteiger partial charge on any atom is -0.491 e. The summed E-state index contributed by atoms with van der Waals surface area (Å²) in [5.74, 6) is -0.260. The average molecular weight is 387 g/mol. The number of carbonyl (C=O) groups excluding carboxylic acids is 1. The van der Waals surface area contributed by atoms with Gasteiger partial charge in [0, 0.05) is 5.02 Å². The van der Waals surface area contributed by atoms with E-state index in [0.29, 0.717) is 33.1 Å². The highest BCUT2D eigenvalue weighted by atomic mass is 79.9. The van der Waals surface area contributed by atoms with Crippen LogP contribution in [0.2, 0.25) is 5.02 Å². The summed E-state index contributed by atoms with van der Waals surface area (Å²) >= 11 is 9.34. The monoisotopic (exact) mass is 385 g/mol. The van der Waals surface area contributed by atoms with Crippen LogP contribution in [0, 0.1) is 5.82 Å². The Bertz CT molecular complexity index is 694. The van der Waals surface area contributed by atoms with Gasteiger partial charge in [0.1, 0.15) is 5.82 Å². The maximum atomic E-state index is 13.6. The molecule has 0 radical (unpaired) electrons. The third kappa shape index (κ3) is 4.21. The molecule has 0 spiro atoms. The van der Waals surface area contributed by atoms with Crippen molar-refractivity contribution in [1.82, 2.24) is 0 Å². The maximum Gasteiger partial charge on any atom is 0.229 e. The van der Waals surface area contributed by atoms with Gasteiger partial charge in [-0.25, -0.2) is 4.39 Å². The zero-order chi connectivity index (χ0) is 16.1. The molecular weight excluding hydrogens is 373 g/mol. The molecule has 0 aliphatic carbocycles. The topological polar surface area (TPSA) is 38.3 Å². The molecule has 0 unspecified atom stereocenters. The van der Waals surface area contributed by atoms with Crippen molar-refractivity contribution in [2.24, 2.45) is 0 Å². The normalized spacial score (nSPS) is 10.4. The van der Waals surface area contributed by atoms with Crippen LogP contribution in [0.4, 0.5) is 10.1 Å². The summed E-state index contributed by atoms with van der Waals surface area (Å²) in [6, 6.07) is 9.44. The SMILES string of the molecule is CCOc1c(Br)cc(Cl)cc1NC(=O)Cc1ccccc1F. The lowest BCUT2D eigenvalue weighted by molar-refractivity contribution is -0.115. The van der Waals surface area contributed by atoms with Gasteiger partial charge in [0.15, 0.2) is 5.75 Å². The highest BCUT2D eigenvalue weighted by Gasteiger charge is 2.14. The molecule has 22 heavy (non-hydrogen) atoms. The molecule has 0 fully saturated rings. The molecule has 2 aromatic rings. The lowest BCUT2D eigenvalue weighted by Crippen LogP contribution is -2.16. The van der Waals surface area contributed by atoms with Crippen LogP contribution in [0.3, 0.4) is 0 Å². The molecule has 6 heteroatoms. The number of amides is 1. The number of rotatable bonds is 5. The van der Waals surface area contributed by atoms with Crippen LogP contribution < -0.4 is 10.1 Å². The second-order valence-corrected chi connectivity index (χ2v) is 5.80. The number of nitrogens with one attached hydrogen (secondary N) is 1. The smallest absolute Gasteiger partial charge is 0.229 e. The Labute approximate surface area is 141 Å². The zero-order valence-electron chi connectivity index (χ0n) is 11.8. The van der Waals surface area contributed by atoms with Gasteiger partial charge in [-0.2, -0.15) is 0 Å². The fourth-order valence-electron chi connectivity index (χ4n) is 1.95. The van der Waals surface area contributed by atoms with Crippen molar-refractivity contribution < 1.29 is 13.9 Å². The van der Waals surface area contributed by atoms with Gasteiger partial charge >= 0.3 is 0 Å². The predicted molar refractivity (Wildman–Crippen MR) is 89.1 cm³/mol. The molecule has 0 saturated heterocycles. The molecule has 2 rings (SSSR count). The van der Waals surface area contributed by atoms with Crippen molar-refractivity contribution in [1.29, 1.82) is 0 Å². The van der Waals surface area contributed by atoms with E-state index in [1.54, 1.807) is 30.3 Å². The number of anilines is 1. The van der Waals surface area contributed by atoms with Crippen LogP contribution in [0.15, 0.2) is 40.9 Å². The first kappa shape index (κ1) is 16.8. The number of benzene rings is 2. The van der Waals surface area contributed by atoms with Gasteiger partial charge in [0.2, 0.25) is 5.91 Å². The molecule has 3 nitrogen and oxygen atoms in total. The van der Waals surface area contributed by atoms with Crippen molar-refractivity contribution in [3.8, 4) is 5.75 Å². The molecule has 1 amide bonds. The number of ether oxygens (including phenoxy) is 1. The van der Waals surface area contributed by atoms with E-state index in [1.807, 2.05) is 6.92 Å². The van der Waals surface area contributed by atoms with E-state index in [0.717, 1.165) is 0 Å². The highest BCUT2D eigenvalue weighted by Crippen LogP contribution is 2.36. The molecule has 0 atom stereocenters. The van der Waals surface area contributed by atoms with E-state index in [1.165, 1.54) is 6.07 Å². The lowest BCUT2D eigenvalue weighted by Gasteiger charge is -2.14. The fraction of sp³-hybridized carbons (Fsp3) is 0.188. The van der Waals surface area contributed by atoms with Gasteiger partial charge in [0.25, 0.3) is 0 Å². The molecule has 0 saturated carbocycles. The van der Waals surface area contributed by atoms with Crippen LogP contribution in [0.1, 0.15) is 12.5 Å². The lowest BCUT2D eigenvalue weighted by atomic mass is 10.1. The van der Waals surface area contributed by atoms with Crippen molar-refractivity contribution in [2.75, 3.05) is 11.9 Å². The van der Waals surface area contributed by atoms with E-state index in [2.05, 4.69) is 21.2 Å². The van der Waals surface area contributed by atoms with Crippen molar-refractivity contribution in [3.63, 3.8) is 0 Å². The van der Waals surface area contributed by atoms with Gasteiger partial charge in [-0.15, -0.1) is 0 Å². The zero-order valence-corrected chi connectivity index (χ0v) is 14.2. The number of halogens is 3. The molecular formula is C16H14BrClFNO2. The molecule has 116 valence electrons. The molecule has 0 aliphatic rings. The second-order valence-electron chi connectivity index (χ2n) is 4.51. The van der Waals surface area contributed by atoms with E-state index < -0.39 is 5.82 Å². The first-order valence-electron chi connectivity index (χ1n) is 6.66. The summed E-state index contributed by atoms with van der Waals surface area (Å²) in [6.45, 7) is 2.28. The van der Waals surface area contributed by atoms with Crippen molar-refractivity contribution >= 4 is 39.1 Å². The summed E-state index contributed by atoms with van der Waals surface area (Å²) in [4.78, 5) is 12.1. The summed E-state index contributed by atoms with van der Waals surface area (Å²) in [5, 5.41) is 3.16. The minimum absolute atomic E-state index is 0.0671. The van der Waals surface area contributed by atoms with E-state index >= 15 is 0 Å². The Morgan fingerprint density at radius 2 is 2.09 bits per heavy atom. The summed E-state index contributed by atoms with van der Waals surface area (Å²) in [5.41, 5.74) is 0.779. The minimum atomic E-state index is -0.407. The Kier molecular flexibility index (Phi) is 5.80. The molecule has 0 bridgehead atoms. The van der Waals surface area contributed by atoms with Crippen LogP contribution in [-0.2, 0) is 11.2 Å². The van der Waals surface area contributed by atoms with E-state index in [-0.39, 0.29) is 12.3 Å². The first-order valence-corrected chi connectivity index (χ1v) is 7.83. The van der Waals surface area contributed by atoms with Gasteiger partial charge in [-0.1, -0.05) is 29.8 Å². The second kappa shape index (κ2) is 7.61. The average Bonchev–Trinajstić information content (AvgIpc) is 2.45. The third-order valence-corrected chi connectivity index (χ3v) is 3.69. The summed E-state index contributed by atoms with van der Waals surface area (Å²) in [6.07, 6.45) is -0.0671. The molecule has 0 aromatic heterocycles. The van der Waals surface area contributed by atoms with Crippen LogP contribution >= 0.6 is 27.5 Å². The van der Waals surface area contributed by atoms with Gasteiger partial charge in [0.05, 0.1) is 23.2 Å². The van der Waals surface area contributed by atoms with Crippen molar-refractivity contribution in [3.05, 3.63) is 57.3 Å². The van der Waals surface area contributed by atoms with E-state index in [4.69, 9.17) is 16.3 Å². The van der Waals surface area contributed by atoms with Gasteiger partial charge in [-0.05, 0) is 46.6 Å². The van der Waals surface area contributed by atoms with Crippen LogP contribution in [-0.4, -0.2) is 12.5 Å². The third-order valence-electron chi connectivity index (χ3n) is 2.88. The standard InChI is InChI=1S/C16H14BrClFNO2/c1-2-22-16-12(17)8-11(18)9-14(16)20-15(21)7-10-5-3-4-6-13(10)19/h3-6,8-9H,2,7H2,1H3,(H,20,21). The molecule has 1 N–H and O–H groups in total. The number of hydrogen-bond acceptors (Lipinski definition) is 2. The van der Waals surface area contributed by atoms with Crippen molar-refractivity contribution in [2.45, 2.75) is 13.3 Å². The Balaban J connectivity index is 2.19. The predicted octanol–water partition coefficient (Wildman–Crippen LogP) is 4.82. The molecule has 0 aliphatic heterocycles. The van der Waals surface area contributed by atoms with Gasteiger partial charge < -0.3 is 10.1 Å². The summed E-state index contributed by atoms with van der Waals surface area (Å²) in [7, 11) is 0.